The molecule has 0 aromatic heterocycles. The Morgan fingerprint density at radius 1 is 0.958 bits per heavy atom. The summed E-state index contributed by atoms with van der Waals surface area (Å²) in [6, 6.07) is 15.4. The molecule has 0 fully saturated rings. The normalized spacial score (nSPS) is 10.2. The first-order chi connectivity index (χ1) is 11.5. The standard InChI is InChI=1S/C19H21BrN2O2/c1-14(23)21-17-6-4-7-18(13-17)22-19(24)8-3-2-5-15-9-11-16(20)12-10-15/h4,6-7,9-13H,2-3,5,8H2,1H3,(H,21,23)(H,22,24). The number of aryl methyl sites for hydroxylation is 1. The molecule has 0 saturated carbocycles. The largest absolute Gasteiger partial charge is 0.326 e. The molecule has 2 N–H and O–H groups in total. The number of anilines is 2. The van der Waals surface area contributed by atoms with Crippen molar-refractivity contribution in [2.45, 2.75) is 32.6 Å². The van der Waals surface area contributed by atoms with E-state index in [1.165, 1.54) is 12.5 Å². The first kappa shape index (κ1) is 18.2. The minimum absolute atomic E-state index is 0.00854. The van der Waals surface area contributed by atoms with Crippen LogP contribution in [0.2, 0.25) is 0 Å². The van der Waals surface area contributed by atoms with Gasteiger partial charge >= 0.3 is 0 Å². The fourth-order valence-corrected chi connectivity index (χ4v) is 2.63. The van der Waals surface area contributed by atoms with Crippen molar-refractivity contribution in [2.75, 3.05) is 10.6 Å². The van der Waals surface area contributed by atoms with Gasteiger partial charge in [0.15, 0.2) is 0 Å². The Kier molecular flexibility index (Phi) is 7.00. The van der Waals surface area contributed by atoms with Crippen molar-refractivity contribution in [3.05, 3.63) is 58.6 Å². The molecular formula is C19H21BrN2O2. The average molecular weight is 389 g/mol. The molecule has 0 aliphatic carbocycles. The quantitative estimate of drug-likeness (QED) is 0.671. The molecule has 0 aliphatic rings. The van der Waals surface area contributed by atoms with Crippen LogP contribution >= 0.6 is 15.9 Å². The smallest absolute Gasteiger partial charge is 0.224 e. The van der Waals surface area contributed by atoms with Crippen molar-refractivity contribution >= 4 is 39.1 Å². The Balaban J connectivity index is 1.73. The van der Waals surface area contributed by atoms with Crippen LogP contribution in [0.3, 0.4) is 0 Å². The minimum atomic E-state index is -0.133. The summed E-state index contributed by atoms with van der Waals surface area (Å²) in [6.07, 6.45) is 3.27. The van der Waals surface area contributed by atoms with Crippen LogP contribution in [0.15, 0.2) is 53.0 Å². The van der Waals surface area contributed by atoms with Gasteiger partial charge in [-0.15, -0.1) is 0 Å². The predicted molar refractivity (Wildman–Crippen MR) is 101 cm³/mol. The molecule has 4 nitrogen and oxygen atoms in total. The summed E-state index contributed by atoms with van der Waals surface area (Å²) in [6.45, 7) is 1.46. The fraction of sp³-hybridized carbons (Fsp3) is 0.263. The lowest BCUT2D eigenvalue weighted by Crippen LogP contribution is -2.12. The highest BCUT2D eigenvalue weighted by atomic mass is 79.9. The third-order valence-electron chi connectivity index (χ3n) is 3.50. The van der Waals surface area contributed by atoms with Crippen LogP contribution in [-0.2, 0) is 16.0 Å². The number of amides is 2. The van der Waals surface area contributed by atoms with Crippen LogP contribution in [-0.4, -0.2) is 11.8 Å². The fourth-order valence-electron chi connectivity index (χ4n) is 2.37. The molecule has 2 aromatic rings. The molecule has 0 saturated heterocycles. The van der Waals surface area contributed by atoms with E-state index < -0.39 is 0 Å². The molecular weight excluding hydrogens is 368 g/mol. The number of carbonyl (C=O) groups excluding carboxylic acids is 2. The summed E-state index contributed by atoms with van der Waals surface area (Å²) in [4.78, 5) is 23.1. The van der Waals surface area contributed by atoms with Gasteiger partial charge in [0.2, 0.25) is 11.8 Å². The van der Waals surface area contributed by atoms with E-state index in [1.54, 1.807) is 18.2 Å². The van der Waals surface area contributed by atoms with Gasteiger partial charge < -0.3 is 10.6 Å². The van der Waals surface area contributed by atoms with Crippen LogP contribution in [0.1, 0.15) is 31.7 Å². The highest BCUT2D eigenvalue weighted by molar-refractivity contribution is 9.10. The Morgan fingerprint density at radius 2 is 1.62 bits per heavy atom. The minimum Gasteiger partial charge on any atom is -0.326 e. The van der Waals surface area contributed by atoms with Crippen molar-refractivity contribution in [3.8, 4) is 0 Å². The molecule has 0 unspecified atom stereocenters. The second-order valence-corrected chi connectivity index (χ2v) is 6.56. The maximum atomic E-state index is 12.0. The van der Waals surface area contributed by atoms with E-state index >= 15 is 0 Å². The SMILES string of the molecule is CC(=O)Nc1cccc(NC(=O)CCCCc2ccc(Br)cc2)c1. The molecule has 0 spiro atoms. The van der Waals surface area contributed by atoms with Gasteiger partial charge in [-0.3, -0.25) is 9.59 Å². The lowest BCUT2D eigenvalue weighted by atomic mass is 10.1. The molecule has 126 valence electrons. The summed E-state index contributed by atoms with van der Waals surface area (Å²) in [5.74, 6) is -0.141. The molecule has 0 atom stereocenters. The lowest BCUT2D eigenvalue weighted by molar-refractivity contribution is -0.116. The zero-order chi connectivity index (χ0) is 17.4. The summed E-state index contributed by atoms with van der Waals surface area (Å²) >= 11 is 3.42. The number of hydrogen-bond donors (Lipinski definition) is 2. The molecule has 24 heavy (non-hydrogen) atoms. The molecule has 0 heterocycles. The van der Waals surface area contributed by atoms with Crippen LogP contribution in [0.25, 0.3) is 0 Å². The lowest BCUT2D eigenvalue weighted by Gasteiger charge is -2.08. The molecule has 5 heteroatoms. The van der Waals surface area contributed by atoms with Crippen LogP contribution in [0.4, 0.5) is 11.4 Å². The van der Waals surface area contributed by atoms with Crippen LogP contribution in [0.5, 0.6) is 0 Å². The summed E-state index contributed by atoms with van der Waals surface area (Å²) in [5, 5.41) is 5.56. The third-order valence-corrected chi connectivity index (χ3v) is 4.03. The van der Waals surface area contributed by atoms with Crippen molar-refractivity contribution < 1.29 is 9.59 Å². The van der Waals surface area contributed by atoms with Gasteiger partial charge in [-0.2, -0.15) is 0 Å². The van der Waals surface area contributed by atoms with Gasteiger partial charge in [0.25, 0.3) is 0 Å². The first-order valence-corrected chi connectivity index (χ1v) is 8.74. The molecule has 2 aromatic carbocycles. The Labute approximate surface area is 150 Å². The molecule has 0 bridgehead atoms. The topological polar surface area (TPSA) is 58.2 Å². The number of nitrogens with one attached hydrogen (secondary N) is 2. The summed E-state index contributed by atoms with van der Waals surface area (Å²) < 4.78 is 1.08. The Hall–Kier alpha value is -2.14. The molecule has 0 aliphatic heterocycles. The van der Waals surface area contributed by atoms with Crippen molar-refractivity contribution in [2.24, 2.45) is 0 Å². The van der Waals surface area contributed by atoms with E-state index in [9.17, 15) is 9.59 Å². The monoisotopic (exact) mass is 388 g/mol. The number of hydrogen-bond acceptors (Lipinski definition) is 2. The Bertz CT molecular complexity index is 699. The average Bonchev–Trinajstić information content (AvgIpc) is 2.53. The van der Waals surface area contributed by atoms with Crippen molar-refractivity contribution in [3.63, 3.8) is 0 Å². The van der Waals surface area contributed by atoms with E-state index in [-0.39, 0.29) is 11.8 Å². The maximum Gasteiger partial charge on any atom is 0.224 e. The van der Waals surface area contributed by atoms with E-state index in [0.717, 1.165) is 23.7 Å². The van der Waals surface area contributed by atoms with E-state index in [0.29, 0.717) is 17.8 Å². The Morgan fingerprint density at radius 3 is 2.29 bits per heavy atom. The zero-order valence-corrected chi connectivity index (χ0v) is 15.2. The second-order valence-electron chi connectivity index (χ2n) is 5.64. The first-order valence-electron chi connectivity index (χ1n) is 7.95. The van der Waals surface area contributed by atoms with E-state index in [2.05, 4.69) is 38.7 Å². The van der Waals surface area contributed by atoms with Gasteiger partial charge in [-0.25, -0.2) is 0 Å². The van der Waals surface area contributed by atoms with Crippen molar-refractivity contribution in [1.29, 1.82) is 0 Å². The molecule has 0 radical (unpaired) electrons. The van der Waals surface area contributed by atoms with Crippen LogP contribution < -0.4 is 10.6 Å². The predicted octanol–water partition coefficient (Wildman–Crippen LogP) is 4.76. The number of unbranched alkanes of at least 4 members (excludes halogenated alkanes) is 1. The molecule has 2 amide bonds. The zero-order valence-electron chi connectivity index (χ0n) is 13.6. The number of rotatable bonds is 7. The van der Waals surface area contributed by atoms with Gasteiger partial charge in [-0.05, 0) is 55.2 Å². The van der Waals surface area contributed by atoms with E-state index in [4.69, 9.17) is 0 Å². The highest BCUT2D eigenvalue weighted by Crippen LogP contribution is 2.16. The van der Waals surface area contributed by atoms with E-state index in [1.807, 2.05) is 18.2 Å². The number of halogens is 1. The van der Waals surface area contributed by atoms with Crippen molar-refractivity contribution in [1.82, 2.24) is 0 Å². The molecule has 2 rings (SSSR count). The van der Waals surface area contributed by atoms with Crippen LogP contribution in [0, 0.1) is 0 Å². The third kappa shape index (κ3) is 6.54. The highest BCUT2D eigenvalue weighted by Gasteiger charge is 2.04. The van der Waals surface area contributed by atoms with Gasteiger partial charge in [0.05, 0.1) is 0 Å². The van der Waals surface area contributed by atoms with Gasteiger partial charge in [0.1, 0.15) is 0 Å². The summed E-state index contributed by atoms with van der Waals surface area (Å²) in [5.41, 5.74) is 2.65. The maximum absolute atomic E-state index is 12.0. The second kappa shape index (κ2) is 9.23. The number of carbonyl (C=O) groups is 2. The van der Waals surface area contributed by atoms with Gasteiger partial charge in [0, 0.05) is 29.2 Å². The van der Waals surface area contributed by atoms with Gasteiger partial charge in [-0.1, -0.05) is 34.1 Å². The summed E-state index contributed by atoms with van der Waals surface area (Å²) in [7, 11) is 0. The number of benzene rings is 2.